The summed E-state index contributed by atoms with van der Waals surface area (Å²) in [4.78, 5) is 11.9. The molecule has 0 unspecified atom stereocenters. The molecule has 0 aliphatic carbocycles. The molecule has 0 radical (unpaired) electrons. The van der Waals surface area contributed by atoms with Gasteiger partial charge in [-0.05, 0) is 69.8 Å². The Balaban J connectivity index is 3.02. The summed E-state index contributed by atoms with van der Waals surface area (Å²) in [6, 6.07) is 4.21. The number of carbonyl (C=O) groups is 1. The first-order chi connectivity index (χ1) is 13.2. The van der Waals surface area contributed by atoms with Crippen molar-refractivity contribution in [1.82, 2.24) is 0 Å². The summed E-state index contributed by atoms with van der Waals surface area (Å²) >= 11 is 0. The summed E-state index contributed by atoms with van der Waals surface area (Å²) in [5, 5.41) is 0.0963. The number of methoxy groups -OCH3 is 1. The molecule has 29 heavy (non-hydrogen) atoms. The van der Waals surface area contributed by atoms with Crippen LogP contribution < -0.4 is 9.16 Å². The zero-order valence-electron chi connectivity index (χ0n) is 19.9. The average molecular weight is 421 g/mol. The maximum atomic E-state index is 11.9. The summed E-state index contributed by atoms with van der Waals surface area (Å²) in [6.07, 6.45) is 4.18. The van der Waals surface area contributed by atoms with E-state index in [1.807, 2.05) is 32.9 Å². The van der Waals surface area contributed by atoms with Gasteiger partial charge in [-0.2, -0.15) is 0 Å². The molecule has 1 aromatic carbocycles. The molecule has 1 aromatic rings. The van der Waals surface area contributed by atoms with E-state index in [9.17, 15) is 4.79 Å². The average Bonchev–Trinajstić information content (AvgIpc) is 2.58. The number of ether oxygens (including phenoxy) is 2. The lowest BCUT2D eigenvalue weighted by Crippen LogP contribution is -2.44. The summed E-state index contributed by atoms with van der Waals surface area (Å²) < 4.78 is 17.7. The number of rotatable bonds is 9. The zero-order chi connectivity index (χ0) is 22.5. The van der Waals surface area contributed by atoms with E-state index in [1.54, 1.807) is 7.11 Å². The Morgan fingerprint density at radius 2 is 1.76 bits per heavy atom. The first kappa shape index (κ1) is 25.3. The number of carbonyl (C=O) groups excluding carboxylic acids is 1. The Labute approximate surface area is 178 Å². The molecule has 0 bridgehead atoms. The molecule has 0 aliphatic rings. The lowest BCUT2D eigenvalue weighted by Gasteiger charge is -2.37. The summed E-state index contributed by atoms with van der Waals surface area (Å²) in [5.74, 6) is 1.43. The van der Waals surface area contributed by atoms with Crippen LogP contribution in [0.25, 0.3) is 0 Å². The van der Waals surface area contributed by atoms with Crippen LogP contribution in [-0.4, -0.2) is 28.0 Å². The molecular formula is C24H40O4Si. The fourth-order valence-electron chi connectivity index (χ4n) is 2.51. The predicted octanol–water partition coefficient (Wildman–Crippen LogP) is 6.33. The first-order valence-electron chi connectivity index (χ1n) is 10.4. The van der Waals surface area contributed by atoms with E-state index < -0.39 is 13.7 Å². The Morgan fingerprint density at radius 1 is 1.14 bits per heavy atom. The first-order valence-corrected chi connectivity index (χ1v) is 13.3. The Hall–Kier alpha value is -1.75. The van der Waals surface area contributed by atoms with Gasteiger partial charge >= 0.3 is 5.97 Å². The minimum absolute atomic E-state index is 0.0963. The zero-order valence-corrected chi connectivity index (χ0v) is 20.9. The Kier molecular flexibility index (Phi) is 8.57. The number of allylic oxidation sites excluding steroid dienone is 1. The largest absolute Gasteiger partial charge is 0.541 e. The van der Waals surface area contributed by atoms with E-state index in [0.29, 0.717) is 13.0 Å². The van der Waals surface area contributed by atoms with Crippen molar-refractivity contribution in [3.63, 3.8) is 0 Å². The van der Waals surface area contributed by atoms with Crippen LogP contribution >= 0.6 is 0 Å². The highest BCUT2D eigenvalue weighted by Crippen LogP contribution is 2.42. The molecule has 5 heteroatoms. The maximum absolute atomic E-state index is 11.9. The van der Waals surface area contributed by atoms with E-state index in [2.05, 4.69) is 46.5 Å². The Bertz CT molecular complexity index is 709. The van der Waals surface area contributed by atoms with Gasteiger partial charge in [0.15, 0.2) is 5.75 Å². The van der Waals surface area contributed by atoms with Crippen molar-refractivity contribution >= 4 is 14.3 Å². The van der Waals surface area contributed by atoms with Crippen molar-refractivity contribution in [3.8, 4) is 11.5 Å². The molecule has 4 nitrogen and oxygen atoms in total. The van der Waals surface area contributed by atoms with Crippen LogP contribution in [0.5, 0.6) is 11.5 Å². The fourth-order valence-corrected chi connectivity index (χ4v) is 3.56. The number of esters is 1. The smallest absolute Gasteiger partial charge is 0.311 e. The molecule has 0 amide bonds. The second-order valence-corrected chi connectivity index (χ2v) is 14.9. The lowest BCUT2D eigenvalue weighted by atomic mass is 9.97. The summed E-state index contributed by atoms with van der Waals surface area (Å²) in [5.41, 5.74) is 1.77. The maximum Gasteiger partial charge on any atom is 0.311 e. The van der Waals surface area contributed by atoms with Crippen LogP contribution in [0.15, 0.2) is 24.8 Å². The van der Waals surface area contributed by atoms with Crippen molar-refractivity contribution in [2.75, 3.05) is 13.7 Å². The minimum atomic E-state index is -2.00. The molecule has 0 aliphatic heterocycles. The van der Waals surface area contributed by atoms with Crippen molar-refractivity contribution in [1.29, 1.82) is 0 Å². The third kappa shape index (κ3) is 7.21. The number of hydrogen-bond donors (Lipinski definition) is 0. The Morgan fingerprint density at radius 3 is 2.24 bits per heavy atom. The van der Waals surface area contributed by atoms with E-state index in [-0.39, 0.29) is 11.0 Å². The molecule has 0 heterocycles. The van der Waals surface area contributed by atoms with Gasteiger partial charge in [-0.3, -0.25) is 4.79 Å². The third-order valence-electron chi connectivity index (χ3n) is 5.39. The number of hydrogen-bond acceptors (Lipinski definition) is 4. The molecule has 0 saturated heterocycles. The normalized spacial score (nSPS) is 12.4. The van der Waals surface area contributed by atoms with Crippen LogP contribution in [0.3, 0.4) is 0 Å². The van der Waals surface area contributed by atoms with Gasteiger partial charge in [-0.1, -0.05) is 32.9 Å². The second kappa shape index (κ2) is 9.83. The highest BCUT2D eigenvalue weighted by Gasteiger charge is 2.40. The van der Waals surface area contributed by atoms with Gasteiger partial charge in [0.2, 0.25) is 0 Å². The van der Waals surface area contributed by atoms with Crippen molar-refractivity contribution in [2.45, 2.75) is 78.9 Å². The van der Waals surface area contributed by atoms with E-state index >= 15 is 0 Å². The van der Waals surface area contributed by atoms with Gasteiger partial charge in [0.05, 0.1) is 19.1 Å². The summed E-state index contributed by atoms with van der Waals surface area (Å²) in [6.45, 7) is 21.1. The quantitative estimate of drug-likeness (QED) is 0.203. The van der Waals surface area contributed by atoms with Crippen molar-refractivity contribution < 1.29 is 18.7 Å². The molecule has 0 spiro atoms. The van der Waals surface area contributed by atoms with E-state index in [4.69, 9.17) is 13.9 Å². The van der Waals surface area contributed by atoms with Crippen LogP contribution in [0.2, 0.25) is 18.1 Å². The molecule has 0 saturated carbocycles. The van der Waals surface area contributed by atoms with Gasteiger partial charge in [-0.15, -0.1) is 6.58 Å². The molecular weight excluding hydrogens is 380 g/mol. The van der Waals surface area contributed by atoms with Crippen LogP contribution in [0.1, 0.15) is 59.1 Å². The molecule has 164 valence electrons. The second-order valence-electron chi connectivity index (χ2n) is 10.1. The molecule has 0 aromatic heterocycles. The van der Waals surface area contributed by atoms with E-state index in [1.165, 1.54) is 0 Å². The monoisotopic (exact) mass is 420 g/mol. The highest BCUT2D eigenvalue weighted by atomic mass is 28.4. The third-order valence-corrected chi connectivity index (χ3v) is 9.72. The van der Waals surface area contributed by atoms with Gasteiger partial charge in [-0.25, -0.2) is 0 Å². The van der Waals surface area contributed by atoms with Crippen LogP contribution in [0.4, 0.5) is 0 Å². The number of benzene rings is 1. The van der Waals surface area contributed by atoms with Crippen LogP contribution in [-0.2, 0) is 22.4 Å². The highest BCUT2D eigenvalue weighted by molar-refractivity contribution is 6.74. The minimum Gasteiger partial charge on any atom is -0.541 e. The van der Waals surface area contributed by atoms with Gasteiger partial charge < -0.3 is 13.9 Å². The molecule has 0 fully saturated rings. The van der Waals surface area contributed by atoms with Gasteiger partial charge in [0, 0.05) is 5.56 Å². The number of aryl methyl sites for hydroxylation is 1. The topological polar surface area (TPSA) is 44.8 Å². The standard InChI is InChI=1S/C24H40O4Si/c1-11-13-19-16-18(14-12-15-27-22(25)23(2,3)4)17-20(26-8)21(19)28-29(9,10)24(5,6)7/h11,16-17H,1,12-15H2,2-10H3. The van der Waals surface area contributed by atoms with E-state index in [0.717, 1.165) is 35.5 Å². The predicted molar refractivity (Wildman–Crippen MR) is 123 cm³/mol. The fraction of sp³-hybridized carbons (Fsp3) is 0.625. The summed E-state index contributed by atoms with van der Waals surface area (Å²) in [7, 11) is -0.324. The van der Waals surface area contributed by atoms with Crippen molar-refractivity contribution in [2.24, 2.45) is 5.41 Å². The van der Waals surface area contributed by atoms with Crippen molar-refractivity contribution in [3.05, 3.63) is 35.9 Å². The molecule has 0 atom stereocenters. The van der Waals surface area contributed by atoms with Gasteiger partial charge in [0.1, 0.15) is 5.75 Å². The van der Waals surface area contributed by atoms with Gasteiger partial charge in [0.25, 0.3) is 8.32 Å². The molecule has 0 N–H and O–H groups in total. The molecule has 1 rings (SSSR count). The SMILES string of the molecule is C=CCc1cc(CCCOC(=O)C(C)(C)C)cc(OC)c1O[Si](C)(C)C(C)(C)C. The van der Waals surface area contributed by atoms with Crippen LogP contribution in [0, 0.1) is 5.41 Å². The lowest BCUT2D eigenvalue weighted by molar-refractivity contribution is -0.153.